The number of nitrogens with one attached hydrogen (secondary N) is 1. The second-order valence-electron chi connectivity index (χ2n) is 3.62. The maximum absolute atomic E-state index is 8.37. The van der Waals surface area contributed by atoms with Gasteiger partial charge in [-0.25, -0.2) is 4.98 Å². The van der Waals surface area contributed by atoms with E-state index in [1.807, 2.05) is 31.2 Å². The minimum Gasteiger partial charge on any atom is -0.441 e. The summed E-state index contributed by atoms with van der Waals surface area (Å²) in [4.78, 5) is 4.28. The summed E-state index contributed by atoms with van der Waals surface area (Å²) >= 11 is 0. The molecular formula is C12H13N3O. The number of nitriles is 1. The van der Waals surface area contributed by atoms with E-state index in [0.29, 0.717) is 12.4 Å². The molecule has 0 amide bonds. The fourth-order valence-corrected chi connectivity index (χ4v) is 1.62. The van der Waals surface area contributed by atoms with Crippen LogP contribution >= 0.6 is 0 Å². The van der Waals surface area contributed by atoms with Crippen LogP contribution in [-0.4, -0.2) is 18.1 Å². The number of oxazole rings is 1. The number of hydrogen-bond donors (Lipinski definition) is 1. The van der Waals surface area contributed by atoms with E-state index in [1.54, 1.807) is 0 Å². The van der Waals surface area contributed by atoms with E-state index >= 15 is 0 Å². The van der Waals surface area contributed by atoms with Crippen LogP contribution in [0.3, 0.4) is 0 Å². The van der Waals surface area contributed by atoms with Crippen molar-refractivity contribution in [2.75, 3.05) is 13.1 Å². The third-order valence-electron chi connectivity index (χ3n) is 2.35. The van der Waals surface area contributed by atoms with Crippen molar-refractivity contribution < 1.29 is 4.42 Å². The fraction of sp³-hybridized carbons (Fsp3) is 0.333. The minimum atomic E-state index is 0.394. The smallest absolute Gasteiger partial charge is 0.192 e. The van der Waals surface area contributed by atoms with E-state index < -0.39 is 0 Å². The van der Waals surface area contributed by atoms with Crippen molar-refractivity contribution in [2.45, 2.75) is 13.3 Å². The van der Waals surface area contributed by atoms with Crippen LogP contribution in [0.1, 0.15) is 11.5 Å². The van der Waals surface area contributed by atoms with Gasteiger partial charge in [-0.2, -0.15) is 5.26 Å². The lowest BCUT2D eigenvalue weighted by Gasteiger charge is -2.00. The largest absolute Gasteiger partial charge is 0.441 e. The Balaban J connectivity index is 2.05. The molecule has 1 aromatic carbocycles. The molecule has 0 bridgehead atoms. The number of rotatable bonds is 4. The molecule has 0 aliphatic heterocycles. The highest BCUT2D eigenvalue weighted by Crippen LogP contribution is 2.16. The Morgan fingerprint density at radius 3 is 3.19 bits per heavy atom. The van der Waals surface area contributed by atoms with Crippen LogP contribution in [0.4, 0.5) is 0 Å². The van der Waals surface area contributed by atoms with Crippen molar-refractivity contribution in [1.29, 1.82) is 5.26 Å². The molecule has 1 heterocycles. The molecule has 2 aromatic rings. The number of fused-ring (bicyclic) bond motifs is 1. The third kappa shape index (κ3) is 2.38. The highest BCUT2D eigenvalue weighted by molar-refractivity contribution is 5.73. The van der Waals surface area contributed by atoms with Crippen LogP contribution in [0.25, 0.3) is 11.1 Å². The highest BCUT2D eigenvalue weighted by atomic mass is 16.3. The molecule has 0 unspecified atom stereocenters. The first-order chi connectivity index (χ1) is 7.79. The molecule has 0 aliphatic carbocycles. The first-order valence-corrected chi connectivity index (χ1v) is 5.23. The van der Waals surface area contributed by atoms with Crippen LogP contribution in [0.15, 0.2) is 22.6 Å². The Labute approximate surface area is 93.9 Å². The molecule has 16 heavy (non-hydrogen) atoms. The van der Waals surface area contributed by atoms with E-state index in [2.05, 4.69) is 10.3 Å². The lowest BCUT2D eigenvalue weighted by Crippen LogP contribution is -2.17. The normalized spacial score (nSPS) is 10.5. The van der Waals surface area contributed by atoms with Crippen molar-refractivity contribution in [2.24, 2.45) is 0 Å². The first-order valence-electron chi connectivity index (χ1n) is 5.23. The first kappa shape index (κ1) is 10.7. The quantitative estimate of drug-likeness (QED) is 0.624. The molecular weight excluding hydrogens is 202 g/mol. The lowest BCUT2D eigenvalue weighted by molar-refractivity contribution is 0.561. The van der Waals surface area contributed by atoms with Crippen LogP contribution in [0, 0.1) is 18.3 Å². The molecule has 0 radical (unpaired) electrons. The fourth-order valence-electron chi connectivity index (χ4n) is 1.62. The molecule has 1 N–H and O–H groups in total. The monoisotopic (exact) mass is 215 g/mol. The van der Waals surface area contributed by atoms with Crippen LogP contribution < -0.4 is 5.32 Å². The highest BCUT2D eigenvalue weighted by Gasteiger charge is 2.02. The Bertz CT molecular complexity index is 525. The zero-order valence-corrected chi connectivity index (χ0v) is 9.16. The Hall–Kier alpha value is -1.86. The predicted molar refractivity (Wildman–Crippen MR) is 60.9 cm³/mol. The Kier molecular flexibility index (Phi) is 3.18. The maximum Gasteiger partial charge on any atom is 0.192 e. The molecule has 1 aromatic heterocycles. The van der Waals surface area contributed by atoms with E-state index in [9.17, 15) is 0 Å². The molecule has 0 aliphatic rings. The van der Waals surface area contributed by atoms with Gasteiger partial charge in [0.2, 0.25) is 0 Å². The van der Waals surface area contributed by atoms with E-state index in [4.69, 9.17) is 9.68 Å². The maximum atomic E-state index is 8.37. The second kappa shape index (κ2) is 4.77. The van der Waals surface area contributed by atoms with Crippen molar-refractivity contribution in [3.63, 3.8) is 0 Å². The van der Waals surface area contributed by atoms with Gasteiger partial charge in [0, 0.05) is 13.5 Å². The van der Waals surface area contributed by atoms with Gasteiger partial charge in [-0.05, 0) is 24.1 Å². The van der Waals surface area contributed by atoms with Gasteiger partial charge >= 0.3 is 0 Å². The number of nitrogens with zero attached hydrogens (tertiary/aromatic N) is 2. The van der Waals surface area contributed by atoms with Crippen LogP contribution in [0.2, 0.25) is 0 Å². The summed E-state index contributed by atoms with van der Waals surface area (Å²) < 4.78 is 5.40. The molecule has 4 heteroatoms. The van der Waals surface area contributed by atoms with Gasteiger partial charge in [0.25, 0.3) is 0 Å². The number of aromatic nitrogens is 1. The van der Waals surface area contributed by atoms with Gasteiger partial charge in [0.1, 0.15) is 5.52 Å². The minimum absolute atomic E-state index is 0.394. The number of benzene rings is 1. The van der Waals surface area contributed by atoms with Gasteiger partial charge in [-0.3, -0.25) is 0 Å². The Morgan fingerprint density at radius 1 is 1.50 bits per heavy atom. The van der Waals surface area contributed by atoms with Crippen molar-refractivity contribution in [3.05, 3.63) is 29.7 Å². The summed E-state index contributed by atoms with van der Waals surface area (Å²) in [6.45, 7) is 3.04. The molecule has 4 nitrogen and oxygen atoms in total. The second-order valence-corrected chi connectivity index (χ2v) is 3.62. The number of hydrogen-bond acceptors (Lipinski definition) is 4. The van der Waals surface area contributed by atoms with Gasteiger partial charge in [0.15, 0.2) is 11.5 Å². The van der Waals surface area contributed by atoms with Crippen molar-refractivity contribution >= 4 is 11.1 Å². The summed E-state index contributed by atoms with van der Waals surface area (Å²) in [5.74, 6) is 0.690. The molecule has 0 saturated carbocycles. The average Bonchev–Trinajstić information content (AvgIpc) is 2.64. The topological polar surface area (TPSA) is 61.9 Å². The third-order valence-corrected chi connectivity index (χ3v) is 2.35. The van der Waals surface area contributed by atoms with E-state index in [-0.39, 0.29) is 0 Å². The molecule has 2 rings (SSSR count). The molecule has 0 fully saturated rings. The van der Waals surface area contributed by atoms with Crippen LogP contribution in [0.5, 0.6) is 0 Å². The summed E-state index contributed by atoms with van der Waals surface area (Å²) in [6, 6.07) is 8.04. The molecule has 82 valence electrons. The summed E-state index contributed by atoms with van der Waals surface area (Å²) in [5, 5.41) is 11.4. The van der Waals surface area contributed by atoms with Crippen LogP contribution in [-0.2, 0) is 6.42 Å². The molecule has 0 saturated heterocycles. The SMILES string of the molecule is Cc1nc2cc(CCNCC#N)ccc2o1. The van der Waals surface area contributed by atoms with Gasteiger partial charge < -0.3 is 9.73 Å². The standard InChI is InChI=1S/C12H13N3O/c1-9-15-11-8-10(2-3-12(11)16-9)4-6-14-7-5-13/h2-3,8,14H,4,6-7H2,1H3. The van der Waals surface area contributed by atoms with Gasteiger partial charge in [-0.15, -0.1) is 0 Å². The summed E-state index contributed by atoms with van der Waals surface area (Å²) in [5.41, 5.74) is 2.92. The van der Waals surface area contributed by atoms with Gasteiger partial charge in [0.05, 0.1) is 12.6 Å². The molecule has 0 atom stereocenters. The van der Waals surface area contributed by atoms with Crippen molar-refractivity contribution in [1.82, 2.24) is 10.3 Å². The summed E-state index contributed by atoms with van der Waals surface area (Å²) in [6.07, 6.45) is 0.892. The van der Waals surface area contributed by atoms with Crippen molar-refractivity contribution in [3.8, 4) is 6.07 Å². The lowest BCUT2D eigenvalue weighted by atomic mass is 10.1. The zero-order valence-electron chi connectivity index (χ0n) is 9.16. The van der Waals surface area contributed by atoms with E-state index in [1.165, 1.54) is 5.56 Å². The zero-order chi connectivity index (χ0) is 11.4. The Morgan fingerprint density at radius 2 is 2.38 bits per heavy atom. The summed E-state index contributed by atoms with van der Waals surface area (Å²) in [7, 11) is 0. The number of aryl methyl sites for hydroxylation is 1. The molecule has 0 spiro atoms. The van der Waals surface area contributed by atoms with E-state index in [0.717, 1.165) is 24.1 Å². The predicted octanol–water partition coefficient (Wildman–Crippen LogP) is 1.79. The average molecular weight is 215 g/mol. The van der Waals surface area contributed by atoms with Gasteiger partial charge in [-0.1, -0.05) is 6.07 Å².